The van der Waals surface area contributed by atoms with Gasteiger partial charge in [0.2, 0.25) is 5.91 Å². The molecule has 1 aliphatic heterocycles. The zero-order chi connectivity index (χ0) is 10.6. The van der Waals surface area contributed by atoms with Gasteiger partial charge in [0.25, 0.3) is 0 Å². The van der Waals surface area contributed by atoms with Crippen LogP contribution in [0, 0.1) is 0 Å². The molecule has 1 amide bonds. The molecule has 80 valence electrons. The second kappa shape index (κ2) is 4.95. The number of nitrogens with one attached hydrogen (secondary N) is 2. The monoisotopic (exact) mass is 200 g/mol. The van der Waals surface area contributed by atoms with Gasteiger partial charge in [0.1, 0.15) is 0 Å². The molecule has 0 radical (unpaired) electrons. The fourth-order valence-corrected chi connectivity index (χ4v) is 1.56. The predicted molar refractivity (Wildman–Crippen MR) is 50.9 cm³/mol. The number of rotatable bonds is 4. The first-order valence-corrected chi connectivity index (χ1v) is 4.85. The Morgan fingerprint density at radius 1 is 1.64 bits per heavy atom. The van der Waals surface area contributed by atoms with Crippen LogP contribution >= 0.6 is 0 Å². The standard InChI is InChI=1S/C9H16N2O3/c1-6(5-8(12)13)11-9(14)7-3-2-4-10-7/h6-7,10H,2-5H2,1H3,(H,11,14)(H,12,13)/t6?,7-/m0/s1. The molecule has 1 rings (SSSR count). The lowest BCUT2D eigenvalue weighted by atomic mass is 10.2. The first-order chi connectivity index (χ1) is 6.59. The molecular formula is C9H16N2O3. The highest BCUT2D eigenvalue weighted by atomic mass is 16.4. The van der Waals surface area contributed by atoms with Crippen LogP contribution in [0.4, 0.5) is 0 Å². The van der Waals surface area contributed by atoms with Crippen molar-refractivity contribution in [2.24, 2.45) is 0 Å². The Labute approximate surface area is 82.9 Å². The molecule has 3 N–H and O–H groups in total. The molecule has 0 aromatic heterocycles. The van der Waals surface area contributed by atoms with Crippen LogP contribution < -0.4 is 10.6 Å². The molecule has 1 heterocycles. The third kappa shape index (κ3) is 3.33. The van der Waals surface area contributed by atoms with Gasteiger partial charge in [-0.25, -0.2) is 0 Å². The minimum Gasteiger partial charge on any atom is -0.481 e. The van der Waals surface area contributed by atoms with Crippen molar-refractivity contribution in [3.63, 3.8) is 0 Å². The van der Waals surface area contributed by atoms with Crippen molar-refractivity contribution in [2.75, 3.05) is 6.54 Å². The molecule has 0 aromatic rings. The van der Waals surface area contributed by atoms with Crippen molar-refractivity contribution < 1.29 is 14.7 Å². The van der Waals surface area contributed by atoms with Crippen LogP contribution in [0.15, 0.2) is 0 Å². The normalized spacial score (nSPS) is 23.1. The molecule has 0 aliphatic carbocycles. The van der Waals surface area contributed by atoms with Gasteiger partial charge in [-0.3, -0.25) is 9.59 Å². The van der Waals surface area contributed by atoms with Crippen LogP contribution in [0.2, 0.25) is 0 Å². The molecule has 5 nitrogen and oxygen atoms in total. The summed E-state index contributed by atoms with van der Waals surface area (Å²) < 4.78 is 0. The summed E-state index contributed by atoms with van der Waals surface area (Å²) in [4.78, 5) is 21.8. The van der Waals surface area contributed by atoms with Gasteiger partial charge in [0.05, 0.1) is 12.5 Å². The Morgan fingerprint density at radius 3 is 2.86 bits per heavy atom. The van der Waals surface area contributed by atoms with E-state index in [9.17, 15) is 9.59 Å². The first kappa shape index (κ1) is 11.0. The molecule has 5 heteroatoms. The summed E-state index contributed by atoms with van der Waals surface area (Å²) in [6, 6.07) is -0.436. The van der Waals surface area contributed by atoms with Crippen LogP contribution in [0.1, 0.15) is 26.2 Å². The third-order valence-electron chi connectivity index (χ3n) is 2.25. The molecule has 0 bridgehead atoms. The van der Waals surface area contributed by atoms with Gasteiger partial charge in [-0.15, -0.1) is 0 Å². The SMILES string of the molecule is CC(CC(=O)O)NC(=O)[C@@H]1CCCN1. The van der Waals surface area contributed by atoms with Gasteiger partial charge < -0.3 is 15.7 Å². The molecule has 0 aromatic carbocycles. The van der Waals surface area contributed by atoms with Crippen LogP contribution in [0.25, 0.3) is 0 Å². The lowest BCUT2D eigenvalue weighted by Gasteiger charge is -2.15. The topological polar surface area (TPSA) is 78.4 Å². The smallest absolute Gasteiger partial charge is 0.305 e. The highest BCUT2D eigenvalue weighted by molar-refractivity contribution is 5.82. The zero-order valence-electron chi connectivity index (χ0n) is 8.25. The molecule has 0 saturated carbocycles. The second-order valence-corrected chi connectivity index (χ2v) is 3.66. The number of amides is 1. The maximum atomic E-state index is 11.5. The summed E-state index contributed by atoms with van der Waals surface area (Å²) in [7, 11) is 0. The molecule has 1 unspecified atom stereocenters. The van der Waals surface area contributed by atoms with Crippen molar-refractivity contribution in [3.05, 3.63) is 0 Å². The van der Waals surface area contributed by atoms with Gasteiger partial charge in [-0.1, -0.05) is 0 Å². The van der Waals surface area contributed by atoms with Gasteiger partial charge in [0.15, 0.2) is 0 Å². The number of carboxylic acid groups (broad SMARTS) is 1. The molecule has 0 spiro atoms. The maximum Gasteiger partial charge on any atom is 0.305 e. The predicted octanol–water partition coefficient (Wildman–Crippen LogP) is -0.282. The molecular weight excluding hydrogens is 184 g/mol. The lowest BCUT2D eigenvalue weighted by molar-refractivity contribution is -0.137. The fourth-order valence-electron chi connectivity index (χ4n) is 1.56. The highest BCUT2D eigenvalue weighted by Crippen LogP contribution is 2.05. The van der Waals surface area contributed by atoms with Gasteiger partial charge in [-0.2, -0.15) is 0 Å². The summed E-state index contributed by atoms with van der Waals surface area (Å²) in [5.74, 6) is -0.978. The maximum absolute atomic E-state index is 11.5. The Morgan fingerprint density at radius 2 is 2.36 bits per heavy atom. The van der Waals surface area contributed by atoms with Crippen LogP contribution in [0.3, 0.4) is 0 Å². The molecule has 14 heavy (non-hydrogen) atoms. The zero-order valence-corrected chi connectivity index (χ0v) is 8.25. The lowest BCUT2D eigenvalue weighted by Crippen LogP contribution is -2.44. The van der Waals surface area contributed by atoms with Crippen LogP contribution in [-0.4, -0.2) is 35.6 Å². The van der Waals surface area contributed by atoms with Gasteiger partial charge in [-0.05, 0) is 26.3 Å². The largest absolute Gasteiger partial charge is 0.481 e. The van der Waals surface area contributed by atoms with E-state index < -0.39 is 5.97 Å². The molecule has 1 aliphatic rings. The van der Waals surface area contributed by atoms with Crippen molar-refractivity contribution in [1.82, 2.24) is 10.6 Å². The van der Waals surface area contributed by atoms with Crippen molar-refractivity contribution >= 4 is 11.9 Å². The average Bonchev–Trinajstić information content (AvgIpc) is 2.53. The van der Waals surface area contributed by atoms with E-state index in [0.717, 1.165) is 19.4 Å². The van der Waals surface area contributed by atoms with E-state index in [0.29, 0.717) is 0 Å². The quantitative estimate of drug-likeness (QED) is 0.583. The first-order valence-electron chi connectivity index (χ1n) is 4.85. The highest BCUT2D eigenvalue weighted by Gasteiger charge is 2.23. The van der Waals surface area contributed by atoms with E-state index in [1.807, 2.05) is 0 Å². The second-order valence-electron chi connectivity index (χ2n) is 3.66. The van der Waals surface area contributed by atoms with E-state index in [2.05, 4.69) is 10.6 Å². The Hall–Kier alpha value is -1.10. The molecule has 2 atom stereocenters. The number of hydrogen-bond donors (Lipinski definition) is 3. The Kier molecular flexibility index (Phi) is 3.88. The third-order valence-corrected chi connectivity index (χ3v) is 2.25. The van der Waals surface area contributed by atoms with E-state index in [-0.39, 0.29) is 24.4 Å². The summed E-state index contributed by atoms with van der Waals surface area (Å²) in [5, 5.41) is 14.2. The summed E-state index contributed by atoms with van der Waals surface area (Å²) in [5.41, 5.74) is 0. The van der Waals surface area contributed by atoms with Crippen molar-refractivity contribution in [3.8, 4) is 0 Å². The van der Waals surface area contributed by atoms with Crippen LogP contribution in [0.5, 0.6) is 0 Å². The van der Waals surface area contributed by atoms with E-state index in [4.69, 9.17) is 5.11 Å². The summed E-state index contributed by atoms with van der Waals surface area (Å²) >= 11 is 0. The number of carbonyl (C=O) groups is 2. The van der Waals surface area contributed by atoms with Gasteiger partial charge in [0, 0.05) is 6.04 Å². The minimum atomic E-state index is -0.891. The minimum absolute atomic E-state index is 0.0293. The number of carboxylic acids is 1. The summed E-state index contributed by atoms with van der Waals surface area (Å²) in [6.07, 6.45) is 1.81. The van der Waals surface area contributed by atoms with Crippen molar-refractivity contribution in [2.45, 2.75) is 38.3 Å². The van der Waals surface area contributed by atoms with E-state index >= 15 is 0 Å². The Bertz CT molecular complexity index is 224. The number of carbonyl (C=O) groups excluding carboxylic acids is 1. The van der Waals surface area contributed by atoms with E-state index in [1.165, 1.54) is 0 Å². The van der Waals surface area contributed by atoms with Crippen molar-refractivity contribution in [1.29, 1.82) is 0 Å². The van der Waals surface area contributed by atoms with Crippen LogP contribution in [-0.2, 0) is 9.59 Å². The number of hydrogen-bond acceptors (Lipinski definition) is 3. The Balaban J connectivity index is 2.28. The summed E-state index contributed by atoms with van der Waals surface area (Å²) in [6.45, 7) is 2.56. The van der Waals surface area contributed by atoms with E-state index in [1.54, 1.807) is 6.92 Å². The molecule has 1 fully saturated rings. The number of aliphatic carboxylic acids is 1. The fraction of sp³-hybridized carbons (Fsp3) is 0.778. The average molecular weight is 200 g/mol. The van der Waals surface area contributed by atoms with Gasteiger partial charge >= 0.3 is 5.97 Å². The molecule has 1 saturated heterocycles.